The number of amides is 3. The average molecular weight is 650 g/mol. The van der Waals surface area contributed by atoms with Crippen LogP contribution in [0.4, 0.5) is 5.69 Å². The quantitative estimate of drug-likeness (QED) is 0.234. The Morgan fingerprint density at radius 2 is 1.89 bits per heavy atom. The lowest BCUT2D eigenvalue weighted by Gasteiger charge is -2.38. The summed E-state index contributed by atoms with van der Waals surface area (Å²) >= 11 is 6.51. The van der Waals surface area contributed by atoms with E-state index in [9.17, 15) is 24.3 Å². The van der Waals surface area contributed by atoms with Crippen molar-refractivity contribution >= 4 is 41.0 Å². The number of rotatable bonds is 14. The van der Waals surface area contributed by atoms with Gasteiger partial charge in [-0.25, -0.2) is 0 Å². The molecular weight excluding hydrogens is 610 g/mol. The fourth-order valence-corrected chi connectivity index (χ4v) is 7.33. The van der Waals surface area contributed by atoms with Gasteiger partial charge in [-0.3, -0.25) is 19.2 Å². The summed E-state index contributed by atoms with van der Waals surface area (Å²) in [6.45, 7) is 8.87. The number of carbonyl (C=O) groups excluding carboxylic acids is 4. The minimum atomic E-state index is -1.31. The van der Waals surface area contributed by atoms with Crippen molar-refractivity contribution in [1.82, 2.24) is 10.2 Å². The SMILES string of the molecule is C=CCCC(=O)NC[C@H](OC(=O)[C@@H]1[C@H]2C(=O)N([C@H](C)CO)[C@H](C(=O)N(CC=C)c3ccccc3Cl)[C@]23CC[C@H]1O3)c1ccccc1. The van der Waals surface area contributed by atoms with E-state index in [-0.39, 0.29) is 25.4 Å². The van der Waals surface area contributed by atoms with Crippen LogP contribution in [0.5, 0.6) is 0 Å². The number of anilines is 1. The van der Waals surface area contributed by atoms with Gasteiger partial charge in [0.2, 0.25) is 11.8 Å². The van der Waals surface area contributed by atoms with Gasteiger partial charge in [-0.1, -0.05) is 66.2 Å². The van der Waals surface area contributed by atoms with E-state index >= 15 is 0 Å². The molecule has 0 aromatic heterocycles. The van der Waals surface area contributed by atoms with Crippen LogP contribution in [0, 0.1) is 11.8 Å². The predicted octanol–water partition coefficient (Wildman–Crippen LogP) is 3.98. The number of benzene rings is 2. The highest BCUT2D eigenvalue weighted by Gasteiger charge is 2.75. The number of hydrogen-bond acceptors (Lipinski definition) is 7. The molecule has 2 aromatic rings. The zero-order valence-corrected chi connectivity index (χ0v) is 26.6. The van der Waals surface area contributed by atoms with Crippen molar-refractivity contribution in [3.63, 3.8) is 0 Å². The Labute approximate surface area is 274 Å². The number of carbonyl (C=O) groups is 4. The summed E-state index contributed by atoms with van der Waals surface area (Å²) < 4.78 is 12.6. The van der Waals surface area contributed by atoms with Crippen molar-refractivity contribution in [3.8, 4) is 0 Å². The molecule has 5 rings (SSSR count). The number of fused-ring (bicyclic) bond motifs is 1. The molecule has 0 unspecified atom stereocenters. The molecule has 2 N–H and O–H groups in total. The molecule has 0 saturated carbocycles. The van der Waals surface area contributed by atoms with Crippen LogP contribution >= 0.6 is 11.6 Å². The first-order chi connectivity index (χ1) is 22.2. The number of aliphatic hydroxyl groups excluding tert-OH is 1. The van der Waals surface area contributed by atoms with Crippen molar-refractivity contribution in [1.29, 1.82) is 0 Å². The van der Waals surface area contributed by atoms with E-state index in [1.165, 1.54) is 9.80 Å². The second-order valence-corrected chi connectivity index (χ2v) is 12.4. The second kappa shape index (κ2) is 14.2. The number of likely N-dealkylation sites (tertiary alicyclic amines) is 1. The van der Waals surface area contributed by atoms with Crippen molar-refractivity contribution in [2.24, 2.45) is 11.8 Å². The molecule has 0 aliphatic carbocycles. The van der Waals surface area contributed by atoms with Crippen LogP contribution in [-0.4, -0.2) is 77.2 Å². The van der Waals surface area contributed by atoms with Gasteiger partial charge in [-0.2, -0.15) is 0 Å². The molecule has 3 fully saturated rings. The number of para-hydroxylation sites is 1. The van der Waals surface area contributed by atoms with Gasteiger partial charge in [-0.05, 0) is 43.9 Å². The van der Waals surface area contributed by atoms with Crippen molar-refractivity contribution in [3.05, 3.63) is 90.5 Å². The van der Waals surface area contributed by atoms with E-state index in [1.807, 2.05) is 18.2 Å². The fraction of sp³-hybridized carbons (Fsp3) is 0.429. The summed E-state index contributed by atoms with van der Waals surface area (Å²) in [7, 11) is 0. The molecule has 11 heteroatoms. The standard InChI is InChI=1S/C35H40ClN3O7/c1-4-6-16-28(41)37-20-27(23-12-8-7-9-13-23)45-34(44)29-26-17-18-35(46-26)30(29)32(42)39(22(3)21-40)31(35)33(43)38(19-5-2)25-15-11-10-14-24(25)36/h4-5,7-15,22,26-27,29-31,40H,1-2,6,16-21H2,3H3,(H,37,41)/t22-,26-,27+,29+,30+,31-,35+/m1/s1. The number of ether oxygens (including phenoxy) is 2. The van der Waals surface area contributed by atoms with Crippen LogP contribution in [0.3, 0.4) is 0 Å². The summed E-state index contributed by atoms with van der Waals surface area (Å²) in [4.78, 5) is 58.2. The molecule has 2 aromatic carbocycles. The van der Waals surface area contributed by atoms with Crippen LogP contribution in [0.1, 0.15) is 44.3 Å². The second-order valence-electron chi connectivity index (χ2n) is 12.0. The van der Waals surface area contributed by atoms with Gasteiger partial charge in [-0.15, -0.1) is 13.2 Å². The minimum Gasteiger partial charge on any atom is -0.455 e. The third kappa shape index (κ3) is 6.09. The number of halogens is 1. The molecule has 3 saturated heterocycles. The minimum absolute atomic E-state index is 0.0386. The average Bonchev–Trinajstić information content (AvgIpc) is 3.72. The van der Waals surface area contributed by atoms with E-state index in [4.69, 9.17) is 21.1 Å². The summed E-state index contributed by atoms with van der Waals surface area (Å²) in [6.07, 6.45) is 3.34. The Balaban J connectivity index is 1.47. The highest BCUT2D eigenvalue weighted by atomic mass is 35.5. The van der Waals surface area contributed by atoms with Crippen LogP contribution in [-0.2, 0) is 28.7 Å². The molecule has 2 bridgehead atoms. The number of nitrogens with one attached hydrogen (secondary N) is 1. The van der Waals surface area contributed by atoms with Gasteiger partial charge in [0.1, 0.15) is 17.7 Å². The molecule has 3 amide bonds. The molecule has 244 valence electrons. The summed E-state index contributed by atoms with van der Waals surface area (Å²) in [6, 6.07) is 14.1. The van der Waals surface area contributed by atoms with E-state index in [2.05, 4.69) is 18.5 Å². The van der Waals surface area contributed by atoms with Gasteiger partial charge < -0.3 is 29.7 Å². The number of allylic oxidation sites excluding steroid dienone is 1. The first-order valence-corrected chi connectivity index (χ1v) is 16.0. The molecule has 7 atom stereocenters. The lowest BCUT2D eigenvalue weighted by atomic mass is 9.70. The predicted molar refractivity (Wildman–Crippen MR) is 173 cm³/mol. The topological polar surface area (TPSA) is 125 Å². The third-order valence-electron chi connectivity index (χ3n) is 9.19. The van der Waals surface area contributed by atoms with Crippen LogP contribution in [0.25, 0.3) is 0 Å². The molecule has 3 aliphatic heterocycles. The van der Waals surface area contributed by atoms with E-state index in [0.29, 0.717) is 35.5 Å². The number of aliphatic hydroxyl groups is 1. The Hall–Kier alpha value is -3.99. The molecule has 46 heavy (non-hydrogen) atoms. The number of hydrogen-bond donors (Lipinski definition) is 2. The maximum Gasteiger partial charge on any atom is 0.313 e. The van der Waals surface area contributed by atoms with Crippen molar-refractivity contribution in [2.75, 3.05) is 24.6 Å². The first kappa shape index (κ1) is 33.4. The fourth-order valence-electron chi connectivity index (χ4n) is 7.10. The highest BCUT2D eigenvalue weighted by Crippen LogP contribution is 2.59. The normalized spacial score (nSPS) is 25.8. The van der Waals surface area contributed by atoms with Gasteiger partial charge in [0.25, 0.3) is 5.91 Å². The Morgan fingerprint density at radius 1 is 1.17 bits per heavy atom. The van der Waals surface area contributed by atoms with E-state index in [1.54, 1.807) is 55.5 Å². The maximum absolute atomic E-state index is 14.6. The largest absolute Gasteiger partial charge is 0.455 e. The molecule has 10 nitrogen and oxygen atoms in total. The van der Waals surface area contributed by atoms with Gasteiger partial charge in [0.05, 0.1) is 47.8 Å². The maximum atomic E-state index is 14.6. The monoisotopic (exact) mass is 649 g/mol. The van der Waals surface area contributed by atoms with Crippen molar-refractivity contribution < 1.29 is 33.8 Å². The zero-order chi connectivity index (χ0) is 33.0. The lowest BCUT2D eigenvalue weighted by molar-refractivity contribution is -0.161. The van der Waals surface area contributed by atoms with Crippen LogP contribution < -0.4 is 10.2 Å². The summed E-state index contributed by atoms with van der Waals surface area (Å²) in [5.74, 6) is -3.72. The molecule has 3 aliphatic rings. The van der Waals surface area contributed by atoms with E-state index in [0.717, 1.165) is 0 Å². The number of nitrogens with zero attached hydrogens (tertiary/aromatic N) is 2. The van der Waals surface area contributed by atoms with Gasteiger partial charge in [0.15, 0.2) is 0 Å². The van der Waals surface area contributed by atoms with Crippen molar-refractivity contribution in [2.45, 2.75) is 62.5 Å². The number of esters is 1. The van der Waals surface area contributed by atoms with Crippen LogP contribution in [0.2, 0.25) is 5.02 Å². The molecule has 3 heterocycles. The molecule has 0 radical (unpaired) electrons. The Bertz CT molecular complexity index is 1490. The summed E-state index contributed by atoms with van der Waals surface area (Å²) in [5, 5.41) is 13.4. The summed E-state index contributed by atoms with van der Waals surface area (Å²) in [5.41, 5.74) is -0.185. The Morgan fingerprint density at radius 3 is 2.57 bits per heavy atom. The smallest absolute Gasteiger partial charge is 0.313 e. The highest BCUT2D eigenvalue weighted by molar-refractivity contribution is 6.34. The van der Waals surface area contributed by atoms with Gasteiger partial charge in [0, 0.05) is 13.0 Å². The first-order valence-electron chi connectivity index (χ1n) is 15.6. The lowest BCUT2D eigenvalue weighted by Crippen LogP contribution is -2.58. The molecule has 1 spiro atoms. The molecular formula is C35H40ClN3O7. The zero-order valence-electron chi connectivity index (χ0n) is 25.8. The van der Waals surface area contributed by atoms with Crippen LogP contribution in [0.15, 0.2) is 79.9 Å². The van der Waals surface area contributed by atoms with Gasteiger partial charge >= 0.3 is 5.97 Å². The van der Waals surface area contributed by atoms with E-state index < -0.39 is 66.1 Å². The Kier molecular flexibility index (Phi) is 10.3. The third-order valence-corrected chi connectivity index (χ3v) is 9.51.